The van der Waals surface area contributed by atoms with E-state index in [9.17, 15) is 4.79 Å². The quantitative estimate of drug-likeness (QED) is 0.809. The van der Waals surface area contributed by atoms with Crippen molar-refractivity contribution in [3.8, 4) is 0 Å². The van der Waals surface area contributed by atoms with Crippen LogP contribution in [0.3, 0.4) is 0 Å². The van der Waals surface area contributed by atoms with Crippen molar-refractivity contribution < 1.29 is 4.79 Å². The van der Waals surface area contributed by atoms with Crippen LogP contribution in [0.5, 0.6) is 0 Å². The van der Waals surface area contributed by atoms with Crippen LogP contribution in [0, 0.1) is 5.92 Å². The Morgan fingerprint density at radius 2 is 1.94 bits per heavy atom. The third kappa shape index (κ3) is 3.45. The molecule has 1 N–H and O–H groups in total. The number of carbonyl (C=O) groups is 1. The van der Waals surface area contributed by atoms with E-state index in [4.69, 9.17) is 0 Å². The van der Waals surface area contributed by atoms with Crippen molar-refractivity contribution in [2.45, 2.75) is 58.8 Å². The molecule has 0 aromatic heterocycles. The van der Waals surface area contributed by atoms with Crippen LogP contribution >= 0.6 is 0 Å². The van der Waals surface area contributed by atoms with Gasteiger partial charge in [-0.25, -0.2) is 0 Å². The molecule has 18 heavy (non-hydrogen) atoms. The van der Waals surface area contributed by atoms with E-state index in [0.717, 1.165) is 13.0 Å². The molecule has 4 nitrogen and oxygen atoms in total. The van der Waals surface area contributed by atoms with E-state index in [1.165, 1.54) is 0 Å². The number of hydrogen-bond acceptors (Lipinski definition) is 3. The summed E-state index contributed by atoms with van der Waals surface area (Å²) in [6, 6.07) is -0.0493. The smallest absolute Gasteiger partial charge is 0.240 e. The van der Waals surface area contributed by atoms with Crippen LogP contribution in [-0.4, -0.2) is 54.1 Å². The highest BCUT2D eigenvalue weighted by molar-refractivity contribution is 5.84. The second kappa shape index (κ2) is 5.57. The van der Waals surface area contributed by atoms with Crippen LogP contribution in [0.1, 0.15) is 41.0 Å². The second-order valence-electron chi connectivity index (χ2n) is 6.71. The van der Waals surface area contributed by atoms with E-state index in [1.54, 1.807) is 0 Å². The highest BCUT2D eigenvalue weighted by atomic mass is 16.2. The van der Waals surface area contributed by atoms with Gasteiger partial charge in [-0.15, -0.1) is 0 Å². The molecule has 0 aliphatic carbocycles. The number of carbonyl (C=O) groups excluding carboxylic acids is 1. The lowest BCUT2D eigenvalue weighted by Gasteiger charge is -2.38. The summed E-state index contributed by atoms with van der Waals surface area (Å²) in [5, 5.41) is 3.40. The van der Waals surface area contributed by atoms with Gasteiger partial charge in [-0.1, -0.05) is 13.8 Å². The summed E-state index contributed by atoms with van der Waals surface area (Å²) in [4.78, 5) is 16.4. The SMILES string of the molecule is CC(C)CC1NC(C)C(=O)N1CC(C)(C)N(C)C. The first kappa shape index (κ1) is 15.4. The fourth-order valence-electron chi connectivity index (χ4n) is 2.24. The highest BCUT2D eigenvalue weighted by Crippen LogP contribution is 2.22. The number of hydrogen-bond donors (Lipinski definition) is 1. The first-order chi connectivity index (χ1) is 8.15. The van der Waals surface area contributed by atoms with Gasteiger partial charge < -0.3 is 9.80 Å². The van der Waals surface area contributed by atoms with Gasteiger partial charge in [-0.2, -0.15) is 0 Å². The molecular weight excluding hydrogens is 226 g/mol. The van der Waals surface area contributed by atoms with Crippen LogP contribution in [0.25, 0.3) is 0 Å². The Bertz CT molecular complexity index is 299. The Kier molecular flexibility index (Phi) is 4.78. The molecule has 1 saturated heterocycles. The van der Waals surface area contributed by atoms with E-state index < -0.39 is 0 Å². The molecule has 106 valence electrons. The number of nitrogens with zero attached hydrogens (tertiary/aromatic N) is 2. The maximum atomic E-state index is 12.2. The monoisotopic (exact) mass is 255 g/mol. The molecular formula is C14H29N3O. The van der Waals surface area contributed by atoms with Gasteiger partial charge >= 0.3 is 0 Å². The highest BCUT2D eigenvalue weighted by Gasteiger charge is 2.39. The first-order valence-electron chi connectivity index (χ1n) is 6.89. The minimum Gasteiger partial charge on any atom is -0.324 e. The predicted octanol–water partition coefficient (Wildman–Crippen LogP) is 1.52. The summed E-state index contributed by atoms with van der Waals surface area (Å²) >= 11 is 0. The molecule has 0 spiro atoms. The van der Waals surface area contributed by atoms with Crippen molar-refractivity contribution in [3.05, 3.63) is 0 Å². The predicted molar refractivity (Wildman–Crippen MR) is 75.3 cm³/mol. The van der Waals surface area contributed by atoms with E-state index in [-0.39, 0.29) is 23.7 Å². The normalized spacial score (nSPS) is 25.6. The zero-order valence-electron chi connectivity index (χ0n) is 12.9. The van der Waals surface area contributed by atoms with Crippen LogP contribution < -0.4 is 5.32 Å². The number of nitrogens with one attached hydrogen (secondary N) is 1. The molecule has 1 fully saturated rings. The lowest BCUT2D eigenvalue weighted by Crippen LogP contribution is -2.52. The molecule has 2 unspecified atom stereocenters. The largest absolute Gasteiger partial charge is 0.324 e. The van der Waals surface area contributed by atoms with Gasteiger partial charge in [0.15, 0.2) is 0 Å². The van der Waals surface area contributed by atoms with Crippen molar-refractivity contribution in [2.24, 2.45) is 5.92 Å². The van der Waals surface area contributed by atoms with Gasteiger partial charge in [0.25, 0.3) is 0 Å². The average Bonchev–Trinajstić information content (AvgIpc) is 2.44. The van der Waals surface area contributed by atoms with Gasteiger partial charge in [0.2, 0.25) is 5.91 Å². The molecule has 2 atom stereocenters. The van der Waals surface area contributed by atoms with Crippen LogP contribution in [0.15, 0.2) is 0 Å². The molecule has 0 aromatic rings. The molecule has 0 saturated carbocycles. The third-order valence-electron chi connectivity index (χ3n) is 3.93. The van der Waals surface area contributed by atoms with Gasteiger partial charge in [0, 0.05) is 12.1 Å². The Labute approximate surface area is 112 Å². The summed E-state index contributed by atoms with van der Waals surface area (Å²) in [5.74, 6) is 0.821. The summed E-state index contributed by atoms with van der Waals surface area (Å²) in [6.45, 7) is 11.5. The van der Waals surface area contributed by atoms with Gasteiger partial charge in [-0.3, -0.25) is 10.1 Å². The van der Waals surface area contributed by atoms with Crippen LogP contribution in [0.4, 0.5) is 0 Å². The number of amides is 1. The molecule has 1 amide bonds. The van der Waals surface area contributed by atoms with Crippen LogP contribution in [-0.2, 0) is 4.79 Å². The number of rotatable bonds is 5. The van der Waals surface area contributed by atoms with Gasteiger partial charge in [-0.05, 0) is 47.2 Å². The summed E-state index contributed by atoms with van der Waals surface area (Å²) in [6.07, 6.45) is 1.20. The van der Waals surface area contributed by atoms with Crippen LogP contribution in [0.2, 0.25) is 0 Å². The minimum absolute atomic E-state index is 0.00334. The van der Waals surface area contributed by atoms with E-state index in [0.29, 0.717) is 5.92 Å². The first-order valence-corrected chi connectivity index (χ1v) is 6.89. The molecule has 1 heterocycles. The molecule has 1 aliphatic rings. The van der Waals surface area contributed by atoms with Crippen molar-refractivity contribution in [1.29, 1.82) is 0 Å². The summed E-state index contributed by atoms with van der Waals surface area (Å²) in [7, 11) is 4.13. The fourth-order valence-corrected chi connectivity index (χ4v) is 2.24. The van der Waals surface area contributed by atoms with E-state index >= 15 is 0 Å². The van der Waals surface area contributed by atoms with E-state index in [2.05, 4.69) is 52.0 Å². The lowest BCUT2D eigenvalue weighted by molar-refractivity contribution is -0.131. The van der Waals surface area contributed by atoms with Gasteiger partial charge in [0.05, 0.1) is 12.2 Å². The van der Waals surface area contributed by atoms with E-state index in [1.807, 2.05) is 11.8 Å². The molecule has 1 aliphatic heterocycles. The topological polar surface area (TPSA) is 35.6 Å². The van der Waals surface area contributed by atoms with Crippen molar-refractivity contribution in [2.75, 3.05) is 20.6 Å². The standard InChI is InChI=1S/C14H29N3O/c1-10(2)8-12-15-11(3)13(18)17(12)9-14(4,5)16(6)7/h10-12,15H,8-9H2,1-7H3. The minimum atomic E-state index is -0.0493. The summed E-state index contributed by atoms with van der Waals surface area (Å²) in [5.41, 5.74) is -0.00334. The third-order valence-corrected chi connectivity index (χ3v) is 3.93. The Morgan fingerprint density at radius 3 is 2.39 bits per heavy atom. The van der Waals surface area contributed by atoms with Crippen molar-refractivity contribution >= 4 is 5.91 Å². The second-order valence-corrected chi connectivity index (χ2v) is 6.71. The Hall–Kier alpha value is -0.610. The molecule has 0 aromatic carbocycles. The van der Waals surface area contributed by atoms with Crippen molar-refractivity contribution in [1.82, 2.24) is 15.1 Å². The molecule has 0 bridgehead atoms. The lowest BCUT2D eigenvalue weighted by atomic mass is 10.0. The molecule has 0 radical (unpaired) electrons. The average molecular weight is 255 g/mol. The zero-order valence-corrected chi connectivity index (χ0v) is 12.9. The summed E-state index contributed by atoms with van der Waals surface area (Å²) < 4.78 is 0. The maximum Gasteiger partial charge on any atom is 0.240 e. The zero-order chi connectivity index (χ0) is 14.1. The van der Waals surface area contributed by atoms with Crippen molar-refractivity contribution in [3.63, 3.8) is 0 Å². The van der Waals surface area contributed by atoms with Gasteiger partial charge in [0.1, 0.15) is 0 Å². The Balaban J connectivity index is 2.79. The number of likely N-dealkylation sites (N-methyl/N-ethyl adjacent to an activating group) is 1. The molecule has 4 heteroatoms. The maximum absolute atomic E-state index is 12.2. The molecule has 1 rings (SSSR count). The fraction of sp³-hybridized carbons (Fsp3) is 0.929. The Morgan fingerprint density at radius 1 is 1.39 bits per heavy atom.